The fourth-order valence-electron chi connectivity index (χ4n) is 6.98. The second-order valence-corrected chi connectivity index (χ2v) is 17.1. The zero-order chi connectivity index (χ0) is 45.8. The number of allylic oxidation sites excluding steroid dienone is 14. The van der Waals surface area contributed by atoms with Crippen LogP contribution in [0.25, 0.3) is 0 Å². The van der Waals surface area contributed by atoms with Crippen LogP contribution < -0.4 is 0 Å². The average Bonchev–Trinajstić information content (AvgIpc) is 3.28. The summed E-state index contributed by atoms with van der Waals surface area (Å²) in [5, 5.41) is 0. The quantitative estimate of drug-likeness (QED) is 0.0262. The van der Waals surface area contributed by atoms with Gasteiger partial charge in [-0.3, -0.25) is 14.4 Å². The molecule has 6 heteroatoms. The summed E-state index contributed by atoms with van der Waals surface area (Å²) >= 11 is 0. The summed E-state index contributed by atoms with van der Waals surface area (Å²) in [7, 11) is 0. The van der Waals surface area contributed by atoms with Crippen molar-refractivity contribution in [2.45, 2.75) is 245 Å². The standard InChI is InChI=1S/C57H96O6/c1-4-7-10-13-15-17-19-21-22-23-24-25-26-27-28-29-30-31-32-33-34-36-37-39-41-44-47-50-56(59)62-53-54(52-61-55(58)49-46-43-12-9-6-3)63-57(60)51-48-45-42-40-38-35-20-18-16-14-11-8-5-2/h7,10-11,14-15,17-18,20-22,24-25,27-28,54H,4-6,8-9,12-13,16,19,23,26,29-53H2,1-3H3/b10-7-,14-11-,17-15-,20-18-,22-21-,25-24-,28-27-. The van der Waals surface area contributed by atoms with Crippen molar-refractivity contribution in [2.75, 3.05) is 13.2 Å². The van der Waals surface area contributed by atoms with Crippen LogP contribution >= 0.6 is 0 Å². The first-order chi connectivity index (χ1) is 31.0. The normalized spacial score (nSPS) is 12.7. The fourth-order valence-corrected chi connectivity index (χ4v) is 6.98. The number of esters is 3. The molecule has 0 aliphatic heterocycles. The zero-order valence-electron chi connectivity index (χ0n) is 41.1. The number of rotatable bonds is 46. The predicted molar refractivity (Wildman–Crippen MR) is 270 cm³/mol. The molecule has 0 rings (SSSR count). The van der Waals surface area contributed by atoms with E-state index in [1.54, 1.807) is 0 Å². The SMILES string of the molecule is CC/C=C\C/C=C\C/C=C\C/C=C\C/C=C\CCCCCCCCCCCCCC(=O)OCC(COC(=O)CCCCCCC)OC(=O)CCCCCCC/C=C\C/C=C\CCC. The molecule has 0 aromatic heterocycles. The molecule has 0 heterocycles. The molecule has 1 atom stereocenters. The third-order valence-electron chi connectivity index (χ3n) is 10.9. The Morgan fingerprint density at radius 2 is 0.651 bits per heavy atom. The van der Waals surface area contributed by atoms with Gasteiger partial charge in [0.1, 0.15) is 13.2 Å². The lowest BCUT2D eigenvalue weighted by Gasteiger charge is -2.18. The maximum atomic E-state index is 12.7. The Kier molecular flexibility index (Phi) is 48.5. The van der Waals surface area contributed by atoms with E-state index < -0.39 is 6.10 Å². The van der Waals surface area contributed by atoms with Gasteiger partial charge in [-0.05, 0) is 89.9 Å². The van der Waals surface area contributed by atoms with Crippen LogP contribution in [-0.4, -0.2) is 37.2 Å². The minimum atomic E-state index is -0.780. The first-order valence-electron chi connectivity index (χ1n) is 26.1. The maximum Gasteiger partial charge on any atom is 0.306 e. The predicted octanol–water partition coefficient (Wildman–Crippen LogP) is 17.2. The largest absolute Gasteiger partial charge is 0.462 e. The van der Waals surface area contributed by atoms with Crippen molar-refractivity contribution in [1.82, 2.24) is 0 Å². The second kappa shape index (κ2) is 51.2. The highest BCUT2D eigenvalue weighted by molar-refractivity contribution is 5.71. The van der Waals surface area contributed by atoms with Crippen LogP contribution in [-0.2, 0) is 28.6 Å². The highest BCUT2D eigenvalue weighted by Gasteiger charge is 2.19. The van der Waals surface area contributed by atoms with E-state index in [0.717, 1.165) is 128 Å². The van der Waals surface area contributed by atoms with Gasteiger partial charge in [-0.1, -0.05) is 215 Å². The van der Waals surface area contributed by atoms with E-state index in [-0.39, 0.29) is 31.1 Å². The van der Waals surface area contributed by atoms with E-state index in [2.05, 4.69) is 106 Å². The molecular weight excluding hydrogens is 781 g/mol. The molecule has 0 saturated carbocycles. The van der Waals surface area contributed by atoms with Crippen molar-refractivity contribution in [3.8, 4) is 0 Å². The lowest BCUT2D eigenvalue weighted by Crippen LogP contribution is -2.30. The Balaban J connectivity index is 4.08. The minimum absolute atomic E-state index is 0.0835. The van der Waals surface area contributed by atoms with Gasteiger partial charge in [0, 0.05) is 19.3 Å². The molecule has 1 unspecified atom stereocenters. The summed E-state index contributed by atoms with van der Waals surface area (Å²) < 4.78 is 16.6. The molecule has 0 aliphatic carbocycles. The summed E-state index contributed by atoms with van der Waals surface area (Å²) in [6.45, 7) is 6.35. The summed E-state index contributed by atoms with van der Waals surface area (Å²) in [4.78, 5) is 37.6. The number of hydrogen-bond acceptors (Lipinski definition) is 6. The van der Waals surface area contributed by atoms with Crippen molar-refractivity contribution in [3.05, 3.63) is 85.1 Å². The number of hydrogen-bond donors (Lipinski definition) is 0. The van der Waals surface area contributed by atoms with E-state index in [1.165, 1.54) is 70.6 Å². The van der Waals surface area contributed by atoms with Gasteiger partial charge in [-0.15, -0.1) is 0 Å². The smallest absolute Gasteiger partial charge is 0.306 e. The summed E-state index contributed by atoms with van der Waals surface area (Å²) in [5.74, 6) is -0.917. The molecule has 6 nitrogen and oxygen atoms in total. The van der Waals surface area contributed by atoms with Crippen molar-refractivity contribution in [3.63, 3.8) is 0 Å². The van der Waals surface area contributed by atoms with Gasteiger partial charge < -0.3 is 14.2 Å². The Labute approximate surface area is 388 Å². The summed E-state index contributed by atoms with van der Waals surface area (Å²) in [6.07, 6.45) is 66.1. The number of ether oxygens (including phenoxy) is 3. The van der Waals surface area contributed by atoms with Gasteiger partial charge in [-0.2, -0.15) is 0 Å². The Morgan fingerprint density at radius 1 is 0.333 bits per heavy atom. The van der Waals surface area contributed by atoms with Crippen LogP contribution in [0.4, 0.5) is 0 Å². The van der Waals surface area contributed by atoms with Crippen molar-refractivity contribution >= 4 is 17.9 Å². The van der Waals surface area contributed by atoms with Crippen LogP contribution in [0.3, 0.4) is 0 Å². The molecule has 0 N–H and O–H groups in total. The van der Waals surface area contributed by atoms with Crippen LogP contribution in [0.5, 0.6) is 0 Å². The van der Waals surface area contributed by atoms with E-state index >= 15 is 0 Å². The van der Waals surface area contributed by atoms with Crippen LogP contribution in [0.2, 0.25) is 0 Å². The summed E-state index contributed by atoms with van der Waals surface area (Å²) in [6, 6.07) is 0. The molecule has 0 amide bonds. The lowest BCUT2D eigenvalue weighted by molar-refractivity contribution is -0.167. The topological polar surface area (TPSA) is 78.9 Å². The Bertz CT molecular complexity index is 1240. The molecule has 0 spiro atoms. The van der Waals surface area contributed by atoms with Gasteiger partial charge in [0.05, 0.1) is 0 Å². The summed E-state index contributed by atoms with van der Waals surface area (Å²) in [5.41, 5.74) is 0. The molecule has 0 fully saturated rings. The van der Waals surface area contributed by atoms with E-state index in [9.17, 15) is 14.4 Å². The monoisotopic (exact) mass is 877 g/mol. The van der Waals surface area contributed by atoms with Crippen molar-refractivity contribution in [1.29, 1.82) is 0 Å². The Hall–Kier alpha value is -3.41. The molecule has 0 bridgehead atoms. The molecular formula is C57H96O6. The first-order valence-corrected chi connectivity index (χ1v) is 26.1. The van der Waals surface area contributed by atoms with Crippen molar-refractivity contribution in [2.24, 2.45) is 0 Å². The van der Waals surface area contributed by atoms with Gasteiger partial charge in [0.15, 0.2) is 6.10 Å². The first kappa shape index (κ1) is 59.6. The number of unbranched alkanes of at least 4 members (excludes halogenated alkanes) is 21. The highest BCUT2D eigenvalue weighted by atomic mass is 16.6. The van der Waals surface area contributed by atoms with Gasteiger partial charge in [-0.25, -0.2) is 0 Å². The highest BCUT2D eigenvalue weighted by Crippen LogP contribution is 2.14. The molecule has 0 saturated heterocycles. The minimum Gasteiger partial charge on any atom is -0.462 e. The van der Waals surface area contributed by atoms with Crippen molar-refractivity contribution < 1.29 is 28.6 Å². The number of carbonyl (C=O) groups excluding carboxylic acids is 3. The van der Waals surface area contributed by atoms with E-state index in [4.69, 9.17) is 14.2 Å². The fraction of sp³-hybridized carbons (Fsp3) is 0.702. The van der Waals surface area contributed by atoms with Crippen LogP contribution in [0.1, 0.15) is 239 Å². The molecule has 0 radical (unpaired) electrons. The third kappa shape index (κ3) is 49.5. The van der Waals surface area contributed by atoms with E-state index in [0.29, 0.717) is 19.3 Å². The number of carbonyl (C=O) groups is 3. The Morgan fingerprint density at radius 3 is 1.03 bits per heavy atom. The molecule has 63 heavy (non-hydrogen) atoms. The average molecular weight is 877 g/mol. The van der Waals surface area contributed by atoms with E-state index in [1.807, 2.05) is 0 Å². The zero-order valence-corrected chi connectivity index (χ0v) is 41.1. The molecule has 0 aromatic rings. The molecule has 0 aliphatic rings. The van der Waals surface area contributed by atoms with Crippen LogP contribution in [0.15, 0.2) is 85.1 Å². The maximum absolute atomic E-state index is 12.7. The van der Waals surface area contributed by atoms with Crippen LogP contribution in [0, 0.1) is 0 Å². The molecule has 360 valence electrons. The van der Waals surface area contributed by atoms with Gasteiger partial charge >= 0.3 is 17.9 Å². The van der Waals surface area contributed by atoms with Gasteiger partial charge in [0.2, 0.25) is 0 Å². The van der Waals surface area contributed by atoms with Gasteiger partial charge in [0.25, 0.3) is 0 Å². The third-order valence-corrected chi connectivity index (χ3v) is 10.9. The molecule has 0 aromatic carbocycles. The lowest BCUT2D eigenvalue weighted by atomic mass is 10.0. The second-order valence-electron chi connectivity index (χ2n) is 17.1.